The number of ether oxygens (including phenoxy) is 1. The molecule has 31 heavy (non-hydrogen) atoms. The average Bonchev–Trinajstić information content (AvgIpc) is 3.15. The number of hydrogen-bond acceptors (Lipinski definition) is 4. The van der Waals surface area contributed by atoms with E-state index in [-0.39, 0.29) is 0 Å². The number of esters is 1. The summed E-state index contributed by atoms with van der Waals surface area (Å²) in [6.45, 7) is 1.57. The Morgan fingerprint density at radius 2 is 1.71 bits per heavy atom. The minimum Gasteiger partial charge on any atom is -0.452 e. The van der Waals surface area contributed by atoms with E-state index in [0.29, 0.717) is 32.6 Å². The van der Waals surface area contributed by atoms with Crippen LogP contribution in [0.2, 0.25) is 10.0 Å². The fraction of sp³-hybridized carbons (Fsp3) is 0.0870. The van der Waals surface area contributed by atoms with Gasteiger partial charge in [0.1, 0.15) is 5.82 Å². The second-order valence-corrected chi connectivity index (χ2v) is 7.84. The summed E-state index contributed by atoms with van der Waals surface area (Å²) in [5, 5.41) is 3.36. The summed E-state index contributed by atoms with van der Waals surface area (Å²) in [5.41, 5.74) is 4.26. The third-order valence-electron chi connectivity index (χ3n) is 4.52. The molecule has 0 saturated carbocycles. The maximum atomic E-state index is 12.4. The number of imidazole rings is 1. The first-order valence-corrected chi connectivity index (χ1v) is 10.1. The van der Waals surface area contributed by atoms with Gasteiger partial charge in [-0.2, -0.15) is 0 Å². The van der Waals surface area contributed by atoms with E-state index in [1.807, 2.05) is 31.2 Å². The predicted octanol–water partition coefficient (Wildman–Crippen LogP) is 5.64. The van der Waals surface area contributed by atoms with Crippen LogP contribution in [0.3, 0.4) is 0 Å². The molecule has 2 N–H and O–H groups in total. The van der Waals surface area contributed by atoms with Crippen LogP contribution in [0, 0.1) is 6.92 Å². The fourth-order valence-electron chi connectivity index (χ4n) is 3.02. The highest BCUT2D eigenvalue weighted by Gasteiger charge is 2.13. The van der Waals surface area contributed by atoms with Crippen molar-refractivity contribution in [2.75, 3.05) is 11.9 Å². The molecule has 0 aliphatic heterocycles. The molecule has 1 aromatic heterocycles. The Morgan fingerprint density at radius 3 is 2.42 bits per heavy atom. The van der Waals surface area contributed by atoms with Gasteiger partial charge in [0.2, 0.25) is 0 Å². The quantitative estimate of drug-likeness (QED) is 0.382. The third kappa shape index (κ3) is 5.05. The zero-order valence-corrected chi connectivity index (χ0v) is 17.9. The molecule has 156 valence electrons. The number of anilines is 1. The molecule has 6 nitrogen and oxygen atoms in total. The summed E-state index contributed by atoms with van der Waals surface area (Å²) in [6, 6.07) is 17.6. The molecule has 4 aromatic rings. The monoisotopic (exact) mass is 453 g/mol. The van der Waals surface area contributed by atoms with Crippen LogP contribution in [0.4, 0.5) is 5.69 Å². The summed E-state index contributed by atoms with van der Waals surface area (Å²) in [5.74, 6) is -0.413. The van der Waals surface area contributed by atoms with Crippen molar-refractivity contribution >= 4 is 51.8 Å². The molecule has 3 aromatic carbocycles. The van der Waals surface area contributed by atoms with Gasteiger partial charge in [-0.05, 0) is 43.3 Å². The van der Waals surface area contributed by atoms with Gasteiger partial charge in [0, 0.05) is 21.3 Å². The van der Waals surface area contributed by atoms with Crippen LogP contribution in [0.1, 0.15) is 15.9 Å². The molecule has 0 fully saturated rings. The summed E-state index contributed by atoms with van der Waals surface area (Å²) in [4.78, 5) is 32.2. The fourth-order valence-corrected chi connectivity index (χ4v) is 3.55. The normalized spacial score (nSPS) is 10.8. The first-order valence-electron chi connectivity index (χ1n) is 9.37. The summed E-state index contributed by atoms with van der Waals surface area (Å²) in [7, 11) is 0. The number of aryl methyl sites for hydroxylation is 1. The zero-order chi connectivity index (χ0) is 22.0. The van der Waals surface area contributed by atoms with Crippen molar-refractivity contribution in [2.45, 2.75) is 6.92 Å². The lowest BCUT2D eigenvalue weighted by molar-refractivity contribution is -0.119. The van der Waals surface area contributed by atoms with E-state index in [1.54, 1.807) is 36.4 Å². The van der Waals surface area contributed by atoms with Crippen LogP contribution < -0.4 is 5.32 Å². The largest absolute Gasteiger partial charge is 0.452 e. The van der Waals surface area contributed by atoms with Gasteiger partial charge in [-0.15, -0.1) is 0 Å². The van der Waals surface area contributed by atoms with Gasteiger partial charge in [-0.25, -0.2) is 9.78 Å². The number of benzene rings is 3. The lowest BCUT2D eigenvalue weighted by Crippen LogP contribution is -2.20. The Bertz CT molecular complexity index is 1260. The van der Waals surface area contributed by atoms with Crippen LogP contribution in [-0.4, -0.2) is 28.5 Å². The molecule has 0 aliphatic rings. The number of nitrogens with zero attached hydrogens (tertiary/aromatic N) is 1. The number of halogens is 2. The maximum Gasteiger partial charge on any atom is 0.338 e. The molecule has 0 bridgehead atoms. The van der Waals surface area contributed by atoms with Gasteiger partial charge in [0.05, 0.1) is 16.6 Å². The van der Waals surface area contributed by atoms with Crippen LogP contribution in [0.25, 0.3) is 22.4 Å². The molecule has 0 unspecified atom stereocenters. The number of nitrogens with one attached hydrogen (secondary N) is 2. The Morgan fingerprint density at radius 1 is 1.00 bits per heavy atom. The van der Waals surface area contributed by atoms with Crippen LogP contribution in [-0.2, 0) is 9.53 Å². The Hall–Kier alpha value is -3.35. The Kier molecular flexibility index (Phi) is 5.93. The molecular weight excluding hydrogens is 437 g/mol. The van der Waals surface area contributed by atoms with E-state index in [2.05, 4.69) is 15.3 Å². The van der Waals surface area contributed by atoms with Crippen molar-refractivity contribution in [3.05, 3.63) is 81.8 Å². The number of hydrogen-bond donors (Lipinski definition) is 2. The second-order valence-electron chi connectivity index (χ2n) is 6.97. The number of fused-ring (bicyclic) bond motifs is 1. The highest BCUT2D eigenvalue weighted by atomic mass is 35.5. The average molecular weight is 454 g/mol. The highest BCUT2D eigenvalue weighted by Crippen LogP contribution is 2.23. The van der Waals surface area contributed by atoms with Gasteiger partial charge in [0.15, 0.2) is 6.61 Å². The minimum absolute atomic E-state index is 0.310. The van der Waals surface area contributed by atoms with E-state index in [4.69, 9.17) is 27.9 Å². The molecule has 8 heteroatoms. The van der Waals surface area contributed by atoms with Gasteiger partial charge < -0.3 is 15.0 Å². The molecule has 1 heterocycles. The highest BCUT2D eigenvalue weighted by molar-refractivity contribution is 6.35. The van der Waals surface area contributed by atoms with Gasteiger partial charge in [-0.1, -0.05) is 53.0 Å². The number of amides is 1. The number of carbonyl (C=O) groups excluding carboxylic acids is 2. The van der Waals surface area contributed by atoms with Crippen molar-refractivity contribution in [1.82, 2.24) is 9.97 Å². The Labute approximate surface area is 188 Å². The number of aromatic amines is 1. The molecule has 0 aliphatic carbocycles. The van der Waals surface area contributed by atoms with Crippen LogP contribution >= 0.6 is 23.2 Å². The van der Waals surface area contributed by atoms with Crippen molar-refractivity contribution < 1.29 is 14.3 Å². The van der Waals surface area contributed by atoms with E-state index in [0.717, 1.165) is 16.6 Å². The molecule has 0 saturated heterocycles. The first kappa shape index (κ1) is 20.9. The summed E-state index contributed by atoms with van der Waals surface area (Å²) in [6.07, 6.45) is 0. The smallest absolute Gasteiger partial charge is 0.338 e. The van der Waals surface area contributed by atoms with Gasteiger partial charge >= 0.3 is 5.97 Å². The molecule has 4 rings (SSSR count). The topological polar surface area (TPSA) is 84.1 Å². The standard InChI is InChI=1S/C23H17Cl2N3O3/c1-13-2-4-14(5-3-13)22-27-19-7-6-15(8-20(19)28-22)23(30)31-12-21(29)26-18-10-16(24)9-17(25)11-18/h2-11H,12H2,1H3,(H,26,29)(H,27,28). The lowest BCUT2D eigenvalue weighted by Gasteiger charge is -2.07. The van der Waals surface area contributed by atoms with Gasteiger partial charge in [-0.3, -0.25) is 4.79 Å². The zero-order valence-electron chi connectivity index (χ0n) is 16.4. The SMILES string of the molecule is Cc1ccc(-c2nc3ccc(C(=O)OCC(=O)Nc4cc(Cl)cc(Cl)c4)cc3[nH]2)cc1. The second kappa shape index (κ2) is 8.79. The summed E-state index contributed by atoms with van der Waals surface area (Å²) >= 11 is 11.8. The van der Waals surface area contributed by atoms with Crippen molar-refractivity contribution in [3.63, 3.8) is 0 Å². The number of aromatic nitrogens is 2. The number of H-pyrrole nitrogens is 1. The molecule has 0 atom stereocenters. The lowest BCUT2D eigenvalue weighted by atomic mass is 10.1. The van der Waals surface area contributed by atoms with Crippen LogP contribution in [0.15, 0.2) is 60.7 Å². The Balaban J connectivity index is 1.42. The van der Waals surface area contributed by atoms with E-state index >= 15 is 0 Å². The molecule has 0 spiro atoms. The summed E-state index contributed by atoms with van der Waals surface area (Å²) < 4.78 is 5.12. The number of rotatable bonds is 5. The first-order chi connectivity index (χ1) is 14.9. The van der Waals surface area contributed by atoms with Crippen molar-refractivity contribution in [1.29, 1.82) is 0 Å². The van der Waals surface area contributed by atoms with Gasteiger partial charge in [0.25, 0.3) is 5.91 Å². The number of carbonyl (C=O) groups is 2. The van der Waals surface area contributed by atoms with E-state index < -0.39 is 18.5 Å². The molecule has 1 amide bonds. The maximum absolute atomic E-state index is 12.4. The molecule has 0 radical (unpaired) electrons. The minimum atomic E-state index is -0.618. The molecular formula is C23H17Cl2N3O3. The van der Waals surface area contributed by atoms with Crippen molar-refractivity contribution in [2.24, 2.45) is 0 Å². The van der Waals surface area contributed by atoms with E-state index in [9.17, 15) is 9.59 Å². The third-order valence-corrected chi connectivity index (χ3v) is 4.96. The van der Waals surface area contributed by atoms with Crippen LogP contribution in [0.5, 0.6) is 0 Å². The van der Waals surface area contributed by atoms with E-state index in [1.165, 1.54) is 0 Å². The predicted molar refractivity (Wildman–Crippen MR) is 122 cm³/mol. The van der Waals surface area contributed by atoms with Crippen molar-refractivity contribution in [3.8, 4) is 11.4 Å².